The molecular formula is C8H13NO3S. The molecule has 1 aliphatic rings. The van der Waals surface area contributed by atoms with Crippen molar-refractivity contribution in [3.05, 3.63) is 0 Å². The van der Waals surface area contributed by atoms with E-state index in [1.54, 1.807) is 0 Å². The van der Waals surface area contributed by atoms with Crippen LogP contribution in [0.2, 0.25) is 0 Å². The molecule has 0 radical (unpaired) electrons. The molecule has 0 spiro atoms. The zero-order chi connectivity index (χ0) is 9.90. The molecule has 0 saturated carbocycles. The Morgan fingerprint density at radius 1 is 1.77 bits per heavy atom. The van der Waals surface area contributed by atoms with Crippen molar-refractivity contribution >= 4 is 23.0 Å². The van der Waals surface area contributed by atoms with Crippen molar-refractivity contribution in [3.8, 4) is 0 Å². The summed E-state index contributed by atoms with van der Waals surface area (Å²) in [5, 5.41) is 11.3. The maximum absolute atomic E-state index is 10.9. The Morgan fingerprint density at radius 3 is 2.85 bits per heavy atom. The molecule has 1 fully saturated rings. The van der Waals surface area contributed by atoms with Crippen molar-refractivity contribution < 1.29 is 14.7 Å². The highest BCUT2D eigenvalue weighted by atomic mass is 32.2. The molecule has 0 aromatic carbocycles. The number of hydrogen-bond acceptors (Lipinski definition) is 3. The quantitative estimate of drug-likeness (QED) is 0.725. The minimum atomic E-state index is -1.00. The Labute approximate surface area is 81.1 Å². The smallest absolute Gasteiger partial charge is 0.330 e. The van der Waals surface area contributed by atoms with E-state index in [2.05, 4.69) is 5.32 Å². The third-order valence-electron chi connectivity index (χ3n) is 2.16. The van der Waals surface area contributed by atoms with E-state index in [0.29, 0.717) is 12.2 Å². The first-order chi connectivity index (χ1) is 6.10. The van der Waals surface area contributed by atoms with Gasteiger partial charge in [0.2, 0.25) is 0 Å². The minimum Gasteiger partial charge on any atom is -0.479 e. The van der Waals surface area contributed by atoms with E-state index < -0.39 is 11.5 Å². The Bertz CT molecular complexity index is 231. The second kappa shape index (κ2) is 4.00. The second-order valence-electron chi connectivity index (χ2n) is 3.19. The molecule has 1 aliphatic heterocycles. The number of thioether (sulfide) groups is 1. The summed E-state index contributed by atoms with van der Waals surface area (Å²) in [4.78, 5) is 21.9. The van der Waals surface area contributed by atoms with Crippen LogP contribution in [0.3, 0.4) is 0 Å². The van der Waals surface area contributed by atoms with E-state index in [0.717, 1.165) is 24.6 Å². The van der Waals surface area contributed by atoms with E-state index in [1.807, 2.05) is 6.92 Å². The van der Waals surface area contributed by atoms with Crippen LogP contribution in [-0.2, 0) is 4.79 Å². The van der Waals surface area contributed by atoms with Crippen LogP contribution in [0.5, 0.6) is 0 Å². The number of carboxylic acids is 1. The molecule has 0 aromatic heterocycles. The summed E-state index contributed by atoms with van der Waals surface area (Å²) >= 11 is 1.05. The van der Waals surface area contributed by atoms with Gasteiger partial charge in [0, 0.05) is 5.75 Å². The maximum Gasteiger partial charge on any atom is 0.330 e. The summed E-state index contributed by atoms with van der Waals surface area (Å²) in [5.74, 6) is -0.569. The van der Waals surface area contributed by atoms with Crippen molar-refractivity contribution in [2.75, 3.05) is 5.75 Å². The number of carbonyl (C=O) groups is 2. The van der Waals surface area contributed by atoms with Gasteiger partial charge in [-0.3, -0.25) is 4.79 Å². The molecule has 1 atom stereocenters. The van der Waals surface area contributed by atoms with Gasteiger partial charge in [0.1, 0.15) is 5.54 Å². The highest BCUT2D eigenvalue weighted by Gasteiger charge is 2.44. The van der Waals surface area contributed by atoms with Gasteiger partial charge in [0.25, 0.3) is 5.24 Å². The number of amides is 1. The first kappa shape index (κ1) is 10.4. The van der Waals surface area contributed by atoms with Crippen LogP contribution < -0.4 is 5.32 Å². The third kappa shape index (κ3) is 2.15. The van der Waals surface area contributed by atoms with E-state index in [1.165, 1.54) is 0 Å². The van der Waals surface area contributed by atoms with Crippen LogP contribution in [0.25, 0.3) is 0 Å². The standard InChI is InChI=1S/C8H13NO3S/c1-2-3-4-8(6(10)11)5-13-7(12)9-8/h2-5H2,1H3,(H,9,12)(H,10,11). The van der Waals surface area contributed by atoms with E-state index in [-0.39, 0.29) is 5.24 Å². The molecule has 0 bridgehead atoms. The van der Waals surface area contributed by atoms with E-state index in [4.69, 9.17) is 5.11 Å². The normalized spacial score (nSPS) is 27.3. The number of carboxylic acid groups (broad SMARTS) is 1. The van der Waals surface area contributed by atoms with Crippen molar-refractivity contribution in [1.29, 1.82) is 0 Å². The topological polar surface area (TPSA) is 66.4 Å². The van der Waals surface area contributed by atoms with Gasteiger partial charge in [-0.2, -0.15) is 0 Å². The third-order valence-corrected chi connectivity index (χ3v) is 3.16. The van der Waals surface area contributed by atoms with Gasteiger partial charge < -0.3 is 10.4 Å². The molecule has 4 nitrogen and oxygen atoms in total. The first-order valence-corrected chi connectivity index (χ1v) is 5.27. The number of nitrogens with one attached hydrogen (secondary N) is 1. The van der Waals surface area contributed by atoms with Gasteiger partial charge in [0.05, 0.1) is 0 Å². The lowest BCUT2D eigenvalue weighted by atomic mass is 9.95. The Kier molecular flexibility index (Phi) is 3.19. The summed E-state index contributed by atoms with van der Waals surface area (Å²) < 4.78 is 0. The second-order valence-corrected chi connectivity index (χ2v) is 4.14. The van der Waals surface area contributed by atoms with Crippen molar-refractivity contribution in [3.63, 3.8) is 0 Å². The van der Waals surface area contributed by atoms with Gasteiger partial charge in [0.15, 0.2) is 0 Å². The lowest BCUT2D eigenvalue weighted by molar-refractivity contribution is -0.143. The number of unbranched alkanes of at least 4 members (excludes halogenated alkanes) is 1. The predicted octanol–water partition coefficient (Wildman–Crippen LogP) is 1.46. The van der Waals surface area contributed by atoms with Crippen molar-refractivity contribution in [2.45, 2.75) is 31.7 Å². The van der Waals surface area contributed by atoms with Gasteiger partial charge in [-0.1, -0.05) is 31.5 Å². The molecular weight excluding hydrogens is 190 g/mol. The number of carbonyl (C=O) groups excluding carboxylic acids is 1. The summed E-state index contributed by atoms with van der Waals surface area (Å²) in [7, 11) is 0. The molecule has 74 valence electrons. The van der Waals surface area contributed by atoms with Gasteiger partial charge in [-0.25, -0.2) is 4.79 Å². The SMILES string of the molecule is CCCCC1(C(=O)O)CSC(=O)N1. The van der Waals surface area contributed by atoms with Gasteiger partial charge >= 0.3 is 5.97 Å². The van der Waals surface area contributed by atoms with Crippen LogP contribution in [0.4, 0.5) is 4.79 Å². The molecule has 1 heterocycles. The highest BCUT2D eigenvalue weighted by Crippen LogP contribution is 2.28. The van der Waals surface area contributed by atoms with Gasteiger partial charge in [-0.05, 0) is 6.42 Å². The molecule has 1 rings (SSSR count). The fourth-order valence-corrected chi connectivity index (χ4v) is 2.28. The molecule has 0 aromatic rings. The van der Waals surface area contributed by atoms with Crippen LogP contribution in [0.1, 0.15) is 26.2 Å². The lowest BCUT2D eigenvalue weighted by Crippen LogP contribution is -2.50. The largest absolute Gasteiger partial charge is 0.479 e. The number of hydrogen-bond donors (Lipinski definition) is 2. The van der Waals surface area contributed by atoms with E-state index in [9.17, 15) is 9.59 Å². The molecule has 1 unspecified atom stereocenters. The van der Waals surface area contributed by atoms with E-state index >= 15 is 0 Å². The van der Waals surface area contributed by atoms with Crippen LogP contribution in [0, 0.1) is 0 Å². The molecule has 5 heteroatoms. The molecule has 1 saturated heterocycles. The Morgan fingerprint density at radius 2 is 2.46 bits per heavy atom. The number of aliphatic carboxylic acids is 1. The Balaban J connectivity index is 2.65. The minimum absolute atomic E-state index is 0.224. The molecule has 2 N–H and O–H groups in total. The first-order valence-electron chi connectivity index (χ1n) is 4.29. The average Bonchev–Trinajstić information content (AvgIpc) is 2.45. The lowest BCUT2D eigenvalue weighted by Gasteiger charge is -2.22. The molecule has 1 amide bonds. The summed E-state index contributed by atoms with van der Waals surface area (Å²) in [6.45, 7) is 2.00. The summed E-state index contributed by atoms with van der Waals surface area (Å²) in [6, 6.07) is 0. The maximum atomic E-state index is 10.9. The zero-order valence-corrected chi connectivity index (χ0v) is 8.32. The van der Waals surface area contributed by atoms with Crippen LogP contribution in [-0.4, -0.2) is 27.6 Å². The molecule has 0 aliphatic carbocycles. The summed E-state index contributed by atoms with van der Waals surface area (Å²) in [6.07, 6.45) is 2.29. The fraction of sp³-hybridized carbons (Fsp3) is 0.750. The zero-order valence-electron chi connectivity index (χ0n) is 7.50. The average molecular weight is 203 g/mol. The fourth-order valence-electron chi connectivity index (χ4n) is 1.29. The molecule has 13 heavy (non-hydrogen) atoms. The van der Waals surface area contributed by atoms with Crippen LogP contribution in [0.15, 0.2) is 0 Å². The van der Waals surface area contributed by atoms with Crippen LogP contribution >= 0.6 is 11.8 Å². The van der Waals surface area contributed by atoms with Gasteiger partial charge in [-0.15, -0.1) is 0 Å². The van der Waals surface area contributed by atoms with Crippen molar-refractivity contribution in [2.24, 2.45) is 0 Å². The monoisotopic (exact) mass is 203 g/mol. The number of rotatable bonds is 4. The predicted molar refractivity (Wildman–Crippen MR) is 50.9 cm³/mol. The summed E-state index contributed by atoms with van der Waals surface area (Å²) in [5.41, 5.74) is -1.00. The van der Waals surface area contributed by atoms with Crippen molar-refractivity contribution in [1.82, 2.24) is 5.32 Å². The Hall–Kier alpha value is -0.710. The highest BCUT2D eigenvalue weighted by molar-refractivity contribution is 8.14.